The van der Waals surface area contributed by atoms with Crippen molar-refractivity contribution < 1.29 is 14.4 Å². The normalized spacial score (nSPS) is 31.4. The van der Waals surface area contributed by atoms with Gasteiger partial charge in [0.25, 0.3) is 0 Å². The van der Waals surface area contributed by atoms with Crippen molar-refractivity contribution in [2.75, 3.05) is 11.9 Å². The van der Waals surface area contributed by atoms with Crippen molar-refractivity contribution in [3.8, 4) is 0 Å². The van der Waals surface area contributed by atoms with Gasteiger partial charge in [-0.25, -0.2) is 0 Å². The highest BCUT2D eigenvalue weighted by Crippen LogP contribution is 2.49. The molecule has 1 aromatic rings. The second-order valence-corrected chi connectivity index (χ2v) is 6.52. The Hall–Kier alpha value is -2.43. The SMILES string of the molecule is O=C(CN1C(=O)[C@H]2[C@H](C1=O)[C@H]1C=C[C@H]2CC1)Nc1ccccc1. The quantitative estimate of drug-likeness (QED) is 0.684. The van der Waals surface area contributed by atoms with Crippen LogP contribution in [0.3, 0.4) is 0 Å². The number of nitrogens with one attached hydrogen (secondary N) is 1. The van der Waals surface area contributed by atoms with Crippen LogP contribution in [0.2, 0.25) is 0 Å². The van der Waals surface area contributed by atoms with Gasteiger partial charge >= 0.3 is 0 Å². The number of hydrogen-bond acceptors (Lipinski definition) is 3. The minimum Gasteiger partial charge on any atom is -0.325 e. The number of nitrogens with zero attached hydrogens (tertiary/aromatic N) is 1. The molecule has 1 saturated carbocycles. The van der Waals surface area contributed by atoms with E-state index in [0.29, 0.717) is 5.69 Å². The highest BCUT2D eigenvalue weighted by molar-refractivity contribution is 6.09. The third-order valence-corrected chi connectivity index (χ3v) is 5.21. The molecule has 1 aliphatic heterocycles. The lowest BCUT2D eigenvalue weighted by atomic mass is 9.63. The fourth-order valence-electron chi connectivity index (χ4n) is 4.16. The van der Waals surface area contributed by atoms with E-state index in [-0.39, 0.29) is 47.9 Å². The number of allylic oxidation sites excluding steroid dienone is 2. The minimum atomic E-state index is -0.336. The molecule has 4 atom stereocenters. The van der Waals surface area contributed by atoms with Crippen molar-refractivity contribution in [3.63, 3.8) is 0 Å². The van der Waals surface area contributed by atoms with Crippen molar-refractivity contribution >= 4 is 23.4 Å². The van der Waals surface area contributed by atoms with Gasteiger partial charge in [0, 0.05) is 5.69 Å². The molecule has 0 unspecified atom stereocenters. The summed E-state index contributed by atoms with van der Waals surface area (Å²) in [5.74, 6) is -0.889. The summed E-state index contributed by atoms with van der Waals surface area (Å²) in [4.78, 5) is 38.6. The molecule has 23 heavy (non-hydrogen) atoms. The zero-order valence-corrected chi connectivity index (χ0v) is 12.6. The lowest BCUT2D eigenvalue weighted by Gasteiger charge is -2.38. The maximum atomic E-state index is 12.6. The third kappa shape index (κ3) is 2.27. The summed E-state index contributed by atoms with van der Waals surface area (Å²) in [5, 5.41) is 2.73. The molecule has 1 N–H and O–H groups in total. The van der Waals surface area contributed by atoms with E-state index in [1.807, 2.05) is 18.2 Å². The topological polar surface area (TPSA) is 66.5 Å². The fourth-order valence-corrected chi connectivity index (χ4v) is 4.16. The van der Waals surface area contributed by atoms with Crippen molar-refractivity contribution in [1.29, 1.82) is 0 Å². The Morgan fingerprint density at radius 2 is 1.57 bits per heavy atom. The summed E-state index contributed by atoms with van der Waals surface area (Å²) >= 11 is 0. The van der Waals surface area contributed by atoms with Crippen LogP contribution in [-0.2, 0) is 14.4 Å². The lowest BCUT2D eigenvalue weighted by molar-refractivity contribution is -0.142. The molecule has 4 aliphatic rings. The molecule has 5 heteroatoms. The number of imide groups is 1. The van der Waals surface area contributed by atoms with Gasteiger partial charge in [-0.3, -0.25) is 19.3 Å². The minimum absolute atomic E-state index is 0.156. The zero-order chi connectivity index (χ0) is 16.0. The van der Waals surface area contributed by atoms with E-state index in [2.05, 4.69) is 17.5 Å². The molecular formula is C18H18N2O3. The molecule has 0 radical (unpaired) electrons. The van der Waals surface area contributed by atoms with Gasteiger partial charge < -0.3 is 5.32 Å². The third-order valence-electron chi connectivity index (χ3n) is 5.21. The summed E-state index contributed by atoms with van der Waals surface area (Å²) in [6.07, 6.45) is 6.08. The Morgan fingerprint density at radius 1 is 1.00 bits per heavy atom. The van der Waals surface area contributed by atoms with Crippen molar-refractivity contribution in [2.24, 2.45) is 23.7 Å². The Bertz CT molecular complexity index is 665. The highest BCUT2D eigenvalue weighted by Gasteiger charge is 2.56. The first-order valence-electron chi connectivity index (χ1n) is 8.03. The number of benzene rings is 1. The second kappa shape index (κ2) is 5.33. The molecule has 0 aromatic heterocycles. The molecule has 1 aromatic carbocycles. The number of likely N-dealkylation sites (tertiary alicyclic amines) is 1. The Kier molecular flexibility index (Phi) is 3.29. The van der Waals surface area contributed by atoms with Crippen molar-refractivity contribution in [1.82, 2.24) is 4.90 Å². The van der Waals surface area contributed by atoms with Gasteiger partial charge in [-0.2, -0.15) is 0 Å². The molecule has 0 spiro atoms. The van der Waals surface area contributed by atoms with Crippen LogP contribution in [-0.4, -0.2) is 29.2 Å². The maximum absolute atomic E-state index is 12.6. The van der Waals surface area contributed by atoms with E-state index in [1.54, 1.807) is 12.1 Å². The van der Waals surface area contributed by atoms with E-state index in [4.69, 9.17) is 0 Å². The second-order valence-electron chi connectivity index (χ2n) is 6.52. The molecule has 118 valence electrons. The van der Waals surface area contributed by atoms with Crippen LogP contribution in [0, 0.1) is 23.7 Å². The number of para-hydroxylation sites is 1. The number of rotatable bonds is 3. The molecular weight excluding hydrogens is 292 g/mol. The fraction of sp³-hybridized carbons (Fsp3) is 0.389. The first-order chi connectivity index (χ1) is 11.1. The monoisotopic (exact) mass is 310 g/mol. The van der Waals surface area contributed by atoms with Gasteiger partial charge in [-0.1, -0.05) is 30.4 Å². The van der Waals surface area contributed by atoms with Crippen LogP contribution in [0.5, 0.6) is 0 Å². The largest absolute Gasteiger partial charge is 0.325 e. The first-order valence-corrected chi connectivity index (χ1v) is 8.03. The summed E-state index contributed by atoms with van der Waals surface area (Å²) in [6, 6.07) is 9.04. The van der Waals surface area contributed by atoms with Crippen LogP contribution in [0.4, 0.5) is 5.69 Å². The van der Waals surface area contributed by atoms with Crippen LogP contribution in [0.25, 0.3) is 0 Å². The standard InChI is InChI=1S/C18H18N2O3/c21-14(19-13-4-2-1-3-5-13)10-20-17(22)15-11-6-7-12(9-8-11)16(15)18(20)23/h1-7,11-12,15-16H,8-10H2,(H,19,21)/t11-,12-,15+,16+/m0/s1. The Morgan fingerprint density at radius 3 is 2.09 bits per heavy atom. The van der Waals surface area contributed by atoms with Crippen molar-refractivity contribution in [2.45, 2.75) is 12.8 Å². The van der Waals surface area contributed by atoms with Crippen LogP contribution >= 0.6 is 0 Å². The lowest BCUT2D eigenvalue weighted by Crippen LogP contribution is -2.38. The average molecular weight is 310 g/mol. The Balaban J connectivity index is 1.49. The molecule has 1 heterocycles. The number of amides is 3. The summed E-state index contributed by atoms with van der Waals surface area (Å²) in [6.45, 7) is -0.195. The Labute approximate surface area is 134 Å². The number of anilines is 1. The van der Waals surface area contributed by atoms with E-state index >= 15 is 0 Å². The van der Waals surface area contributed by atoms with Gasteiger partial charge in [0.2, 0.25) is 17.7 Å². The molecule has 3 aliphatic carbocycles. The molecule has 2 fully saturated rings. The van der Waals surface area contributed by atoms with E-state index in [9.17, 15) is 14.4 Å². The molecule has 5 rings (SSSR count). The van der Waals surface area contributed by atoms with Crippen LogP contribution in [0.15, 0.2) is 42.5 Å². The van der Waals surface area contributed by atoms with Crippen LogP contribution < -0.4 is 5.32 Å². The van der Waals surface area contributed by atoms with E-state index in [1.165, 1.54) is 0 Å². The number of fused-ring (bicyclic) bond motifs is 1. The molecule has 2 bridgehead atoms. The number of carbonyl (C=O) groups excluding carboxylic acids is 3. The molecule has 1 saturated heterocycles. The van der Waals surface area contributed by atoms with Gasteiger partial charge in [0.05, 0.1) is 11.8 Å². The number of hydrogen-bond donors (Lipinski definition) is 1. The first kappa shape index (κ1) is 14.2. The van der Waals surface area contributed by atoms with Gasteiger partial charge in [0.15, 0.2) is 0 Å². The number of carbonyl (C=O) groups is 3. The van der Waals surface area contributed by atoms with Crippen molar-refractivity contribution in [3.05, 3.63) is 42.5 Å². The summed E-state index contributed by atoms with van der Waals surface area (Å²) < 4.78 is 0. The van der Waals surface area contributed by atoms with Gasteiger partial charge in [-0.15, -0.1) is 0 Å². The van der Waals surface area contributed by atoms with E-state index in [0.717, 1.165) is 17.7 Å². The van der Waals surface area contributed by atoms with Crippen LogP contribution in [0.1, 0.15) is 12.8 Å². The zero-order valence-electron chi connectivity index (χ0n) is 12.6. The molecule has 5 nitrogen and oxygen atoms in total. The predicted octanol–water partition coefficient (Wildman–Crippen LogP) is 1.82. The highest BCUT2D eigenvalue weighted by atomic mass is 16.2. The summed E-state index contributed by atoms with van der Waals surface area (Å²) in [7, 11) is 0. The average Bonchev–Trinajstić information content (AvgIpc) is 2.84. The predicted molar refractivity (Wildman–Crippen MR) is 84.1 cm³/mol. The van der Waals surface area contributed by atoms with E-state index < -0.39 is 0 Å². The maximum Gasteiger partial charge on any atom is 0.244 e. The summed E-state index contributed by atoms with van der Waals surface area (Å²) in [5.41, 5.74) is 0.663. The van der Waals surface area contributed by atoms with Gasteiger partial charge in [0.1, 0.15) is 6.54 Å². The molecule has 3 amide bonds. The smallest absolute Gasteiger partial charge is 0.244 e. The van der Waals surface area contributed by atoms with Gasteiger partial charge in [-0.05, 0) is 36.8 Å².